The van der Waals surface area contributed by atoms with Crippen molar-refractivity contribution in [3.8, 4) is 17.2 Å². The van der Waals surface area contributed by atoms with Crippen molar-refractivity contribution in [1.82, 2.24) is 0 Å². The van der Waals surface area contributed by atoms with Crippen molar-refractivity contribution in [2.75, 3.05) is 6.61 Å². The molecule has 1 heterocycles. The maximum absolute atomic E-state index is 12.7. The van der Waals surface area contributed by atoms with Gasteiger partial charge in [0.15, 0.2) is 0 Å². The van der Waals surface area contributed by atoms with Crippen LogP contribution in [0.5, 0.6) is 0 Å². The lowest BCUT2D eigenvalue weighted by Crippen LogP contribution is -2.25. The van der Waals surface area contributed by atoms with Gasteiger partial charge >= 0.3 is 5.97 Å². The molecular formula is C22H19N3O5. The zero-order valence-electron chi connectivity index (χ0n) is 16.4. The smallest absolute Gasteiger partial charge is 0.338 e. The van der Waals surface area contributed by atoms with Crippen LogP contribution in [0.15, 0.2) is 71.3 Å². The van der Waals surface area contributed by atoms with Gasteiger partial charge in [-0.15, -0.1) is 0 Å². The van der Waals surface area contributed by atoms with Crippen molar-refractivity contribution in [1.29, 1.82) is 5.26 Å². The highest BCUT2D eigenvalue weighted by molar-refractivity contribution is 5.93. The average Bonchev–Trinajstić information content (AvgIpc) is 2.73. The summed E-state index contributed by atoms with van der Waals surface area (Å²) in [7, 11) is 0. The summed E-state index contributed by atoms with van der Waals surface area (Å²) in [6, 6.07) is 15.3. The topological polar surface area (TPSA) is 128 Å². The Balaban J connectivity index is 2.21. The Labute approximate surface area is 173 Å². The van der Waals surface area contributed by atoms with E-state index in [0.29, 0.717) is 16.7 Å². The summed E-state index contributed by atoms with van der Waals surface area (Å²) in [4.78, 5) is 23.2. The minimum atomic E-state index is -0.797. The van der Waals surface area contributed by atoms with E-state index in [1.54, 1.807) is 44.2 Å². The van der Waals surface area contributed by atoms with Crippen molar-refractivity contribution in [2.24, 2.45) is 5.73 Å². The lowest BCUT2D eigenvalue weighted by Gasteiger charge is -2.28. The first-order valence-corrected chi connectivity index (χ1v) is 9.18. The first-order valence-electron chi connectivity index (χ1n) is 9.18. The Hall–Kier alpha value is -4.12. The third-order valence-corrected chi connectivity index (χ3v) is 4.76. The molecule has 0 spiro atoms. The minimum absolute atomic E-state index is 0.0351. The molecule has 2 aromatic carbocycles. The van der Waals surface area contributed by atoms with Crippen LogP contribution in [0.1, 0.15) is 25.3 Å². The molecule has 3 rings (SSSR count). The predicted molar refractivity (Wildman–Crippen MR) is 109 cm³/mol. The fourth-order valence-corrected chi connectivity index (χ4v) is 3.44. The SMILES string of the molecule is CCOC(=O)C1=C(C)OC(N)=C(C#N)C1c1ccccc1-c1ccc([N+](=O)[O-])cc1. The summed E-state index contributed by atoms with van der Waals surface area (Å²) < 4.78 is 10.6. The van der Waals surface area contributed by atoms with Crippen LogP contribution in [0.4, 0.5) is 5.69 Å². The zero-order chi connectivity index (χ0) is 21.8. The summed E-state index contributed by atoms with van der Waals surface area (Å²) in [5.41, 5.74) is 8.24. The largest absolute Gasteiger partial charge is 0.463 e. The number of non-ortho nitro benzene ring substituents is 1. The molecule has 0 saturated carbocycles. The molecule has 1 aliphatic rings. The molecular weight excluding hydrogens is 386 g/mol. The molecule has 8 heteroatoms. The molecule has 2 aromatic rings. The maximum atomic E-state index is 12.7. The van der Waals surface area contributed by atoms with E-state index in [0.717, 1.165) is 0 Å². The number of nitro benzene ring substituents is 1. The molecule has 0 saturated heterocycles. The molecule has 0 aromatic heterocycles. The van der Waals surface area contributed by atoms with E-state index in [1.165, 1.54) is 12.1 Å². The van der Waals surface area contributed by atoms with Crippen LogP contribution < -0.4 is 5.73 Å². The van der Waals surface area contributed by atoms with E-state index in [-0.39, 0.29) is 35.1 Å². The molecule has 0 bridgehead atoms. The van der Waals surface area contributed by atoms with Gasteiger partial charge in [0.25, 0.3) is 5.69 Å². The zero-order valence-corrected chi connectivity index (χ0v) is 16.4. The van der Waals surface area contributed by atoms with E-state index >= 15 is 0 Å². The number of benzene rings is 2. The number of rotatable bonds is 5. The van der Waals surface area contributed by atoms with Crippen LogP contribution in [-0.4, -0.2) is 17.5 Å². The average molecular weight is 405 g/mol. The highest BCUT2D eigenvalue weighted by atomic mass is 16.6. The van der Waals surface area contributed by atoms with Gasteiger partial charge < -0.3 is 15.2 Å². The van der Waals surface area contributed by atoms with Crippen molar-refractivity contribution in [2.45, 2.75) is 19.8 Å². The third-order valence-electron chi connectivity index (χ3n) is 4.76. The van der Waals surface area contributed by atoms with Gasteiger partial charge in [-0.25, -0.2) is 4.79 Å². The second kappa shape index (κ2) is 8.49. The number of carbonyl (C=O) groups is 1. The lowest BCUT2D eigenvalue weighted by molar-refractivity contribution is -0.384. The van der Waals surface area contributed by atoms with Gasteiger partial charge in [0.2, 0.25) is 5.88 Å². The lowest BCUT2D eigenvalue weighted by atomic mass is 9.79. The Kier molecular flexibility index (Phi) is 5.83. The van der Waals surface area contributed by atoms with Gasteiger partial charge in [0, 0.05) is 12.1 Å². The number of hydrogen-bond acceptors (Lipinski definition) is 7. The second-order valence-electron chi connectivity index (χ2n) is 6.51. The standard InChI is InChI=1S/C22H19N3O5/c1-3-29-22(26)19-13(2)30-21(24)18(12-23)20(19)17-7-5-4-6-16(17)14-8-10-15(11-9-14)25(27)28/h4-11,20H,3,24H2,1-2H3. The summed E-state index contributed by atoms with van der Waals surface area (Å²) in [5.74, 6) is -1.21. The van der Waals surface area contributed by atoms with E-state index in [1.807, 2.05) is 6.07 Å². The molecule has 8 nitrogen and oxygen atoms in total. The van der Waals surface area contributed by atoms with Gasteiger partial charge in [-0.1, -0.05) is 24.3 Å². The molecule has 152 valence electrons. The number of ether oxygens (including phenoxy) is 2. The number of carbonyl (C=O) groups excluding carboxylic acids is 1. The highest BCUT2D eigenvalue weighted by Gasteiger charge is 2.37. The Morgan fingerprint density at radius 1 is 1.27 bits per heavy atom. The monoisotopic (exact) mass is 405 g/mol. The van der Waals surface area contributed by atoms with Gasteiger partial charge in [0.1, 0.15) is 17.4 Å². The quantitative estimate of drug-likeness (QED) is 0.454. The number of nitro groups is 1. The van der Waals surface area contributed by atoms with Crippen LogP contribution in [0, 0.1) is 21.4 Å². The van der Waals surface area contributed by atoms with Crippen molar-refractivity contribution >= 4 is 11.7 Å². The van der Waals surface area contributed by atoms with E-state index < -0.39 is 16.8 Å². The highest BCUT2D eigenvalue weighted by Crippen LogP contribution is 2.43. The van der Waals surface area contributed by atoms with Crippen molar-refractivity contribution < 1.29 is 19.2 Å². The minimum Gasteiger partial charge on any atom is -0.463 e. The maximum Gasteiger partial charge on any atom is 0.338 e. The molecule has 1 atom stereocenters. The summed E-state index contributed by atoms with van der Waals surface area (Å²) in [5, 5.41) is 20.7. The predicted octanol–water partition coefficient (Wildman–Crippen LogP) is 3.91. The second-order valence-corrected chi connectivity index (χ2v) is 6.51. The fourth-order valence-electron chi connectivity index (χ4n) is 3.44. The van der Waals surface area contributed by atoms with E-state index in [4.69, 9.17) is 15.2 Å². The van der Waals surface area contributed by atoms with Crippen LogP contribution in [0.2, 0.25) is 0 Å². The number of allylic oxidation sites excluding steroid dienone is 2. The fraction of sp³-hybridized carbons (Fsp3) is 0.182. The first-order chi connectivity index (χ1) is 14.4. The van der Waals surface area contributed by atoms with Crippen LogP contribution in [0.25, 0.3) is 11.1 Å². The normalized spacial score (nSPS) is 16.0. The van der Waals surface area contributed by atoms with Crippen molar-refractivity contribution in [3.63, 3.8) is 0 Å². The molecule has 0 aliphatic carbocycles. The van der Waals surface area contributed by atoms with E-state index in [9.17, 15) is 20.2 Å². The first kappa shape index (κ1) is 20.6. The molecule has 1 unspecified atom stereocenters. The summed E-state index contributed by atoms with van der Waals surface area (Å²) in [6.07, 6.45) is 0. The van der Waals surface area contributed by atoms with Gasteiger partial charge in [-0.2, -0.15) is 5.26 Å². The van der Waals surface area contributed by atoms with E-state index in [2.05, 4.69) is 6.07 Å². The number of hydrogen-bond donors (Lipinski definition) is 1. The Morgan fingerprint density at radius 3 is 2.53 bits per heavy atom. The van der Waals surface area contributed by atoms with Crippen molar-refractivity contribution in [3.05, 3.63) is 87.0 Å². The molecule has 30 heavy (non-hydrogen) atoms. The third kappa shape index (κ3) is 3.73. The Morgan fingerprint density at radius 2 is 1.93 bits per heavy atom. The number of esters is 1. The van der Waals surface area contributed by atoms with Gasteiger partial charge in [-0.3, -0.25) is 10.1 Å². The number of nitrogens with two attached hydrogens (primary N) is 1. The summed E-state index contributed by atoms with van der Waals surface area (Å²) in [6.45, 7) is 3.44. The Bertz CT molecular complexity index is 1110. The molecule has 0 fully saturated rings. The number of nitriles is 1. The molecule has 0 radical (unpaired) electrons. The number of nitrogens with zero attached hydrogens (tertiary/aromatic N) is 2. The molecule has 0 amide bonds. The van der Waals surface area contributed by atoms with Crippen LogP contribution in [-0.2, 0) is 14.3 Å². The summed E-state index contributed by atoms with van der Waals surface area (Å²) >= 11 is 0. The van der Waals surface area contributed by atoms with Crippen LogP contribution >= 0.6 is 0 Å². The molecule has 1 aliphatic heterocycles. The van der Waals surface area contributed by atoms with Gasteiger partial charge in [-0.05, 0) is 42.7 Å². The molecule has 2 N–H and O–H groups in total. The van der Waals surface area contributed by atoms with Gasteiger partial charge in [0.05, 0.1) is 23.0 Å². The van der Waals surface area contributed by atoms with Crippen LogP contribution in [0.3, 0.4) is 0 Å².